The third-order valence-electron chi connectivity index (χ3n) is 1.99. The number of rotatable bonds is 4. The summed E-state index contributed by atoms with van der Waals surface area (Å²) in [5, 5.41) is 14.8. The Bertz CT molecular complexity index is 529. The molecule has 7 nitrogen and oxygen atoms in total. The van der Waals surface area contributed by atoms with Crippen molar-refractivity contribution in [1.29, 1.82) is 0 Å². The van der Waals surface area contributed by atoms with Crippen LogP contribution in [-0.2, 0) is 6.54 Å². The molecule has 1 amide bonds. The molecule has 0 bridgehead atoms. The van der Waals surface area contributed by atoms with Gasteiger partial charge >= 0.3 is 5.97 Å². The molecule has 0 saturated heterocycles. The van der Waals surface area contributed by atoms with E-state index in [9.17, 15) is 9.59 Å². The van der Waals surface area contributed by atoms with Crippen molar-refractivity contribution in [3.63, 3.8) is 0 Å². The van der Waals surface area contributed by atoms with Crippen LogP contribution in [0.3, 0.4) is 0 Å². The number of carboxylic acid groups (broad SMARTS) is 1. The highest BCUT2D eigenvalue weighted by Crippen LogP contribution is 2.07. The highest BCUT2D eigenvalue weighted by atomic mass is 16.5. The summed E-state index contributed by atoms with van der Waals surface area (Å²) in [6.45, 7) is 0.179. The second-order valence-electron chi connectivity index (χ2n) is 3.18. The Hall–Kier alpha value is -2.57. The number of hydrogen-bond donors (Lipinski definition) is 2. The zero-order valence-electron chi connectivity index (χ0n) is 8.54. The molecule has 0 spiro atoms. The van der Waals surface area contributed by atoms with Gasteiger partial charge in [-0.05, 0) is 0 Å². The van der Waals surface area contributed by atoms with Crippen molar-refractivity contribution < 1.29 is 23.6 Å². The number of amides is 1. The van der Waals surface area contributed by atoms with Crippen molar-refractivity contribution in [2.75, 3.05) is 0 Å². The van der Waals surface area contributed by atoms with Gasteiger partial charge in [-0.3, -0.25) is 4.79 Å². The molecule has 88 valence electrons. The van der Waals surface area contributed by atoms with Crippen molar-refractivity contribution in [3.8, 4) is 0 Å². The molecule has 7 heteroatoms. The monoisotopic (exact) mass is 236 g/mol. The van der Waals surface area contributed by atoms with Crippen LogP contribution in [-0.4, -0.2) is 22.1 Å². The Balaban J connectivity index is 1.97. The number of carbonyl (C=O) groups is 2. The second-order valence-corrected chi connectivity index (χ2v) is 3.18. The molecule has 0 unspecified atom stereocenters. The molecule has 0 aliphatic carbocycles. The third kappa shape index (κ3) is 2.51. The van der Waals surface area contributed by atoms with E-state index in [1.165, 1.54) is 6.26 Å². The van der Waals surface area contributed by atoms with Gasteiger partial charge in [0.2, 0.25) is 0 Å². The summed E-state index contributed by atoms with van der Waals surface area (Å²) in [5.74, 6) is -1.73. The first-order valence-electron chi connectivity index (χ1n) is 4.66. The lowest BCUT2D eigenvalue weighted by Crippen LogP contribution is -2.22. The first-order chi connectivity index (χ1) is 8.16. The first kappa shape index (κ1) is 10.9. The van der Waals surface area contributed by atoms with Gasteiger partial charge in [0.1, 0.15) is 18.2 Å². The number of carbonyl (C=O) groups excluding carboxylic acids is 1. The molecule has 2 aromatic heterocycles. The van der Waals surface area contributed by atoms with Gasteiger partial charge in [0.25, 0.3) is 5.91 Å². The number of hydrogen-bond acceptors (Lipinski definition) is 5. The largest absolute Gasteiger partial charge is 0.478 e. The van der Waals surface area contributed by atoms with E-state index in [1.54, 1.807) is 6.07 Å². The highest BCUT2D eigenvalue weighted by molar-refractivity contribution is 5.95. The summed E-state index contributed by atoms with van der Waals surface area (Å²) >= 11 is 0. The van der Waals surface area contributed by atoms with Crippen LogP contribution < -0.4 is 5.32 Å². The lowest BCUT2D eigenvalue weighted by atomic mass is 10.3. The number of carboxylic acids is 1. The Morgan fingerprint density at radius 2 is 2.29 bits per heavy atom. The van der Waals surface area contributed by atoms with Crippen LogP contribution in [0.2, 0.25) is 0 Å². The van der Waals surface area contributed by atoms with Crippen LogP contribution in [0.4, 0.5) is 0 Å². The van der Waals surface area contributed by atoms with Crippen molar-refractivity contribution in [3.05, 3.63) is 41.7 Å². The van der Waals surface area contributed by atoms with E-state index in [4.69, 9.17) is 9.52 Å². The molecule has 0 aromatic carbocycles. The zero-order chi connectivity index (χ0) is 12.3. The maximum absolute atomic E-state index is 11.5. The average Bonchev–Trinajstić information content (AvgIpc) is 2.96. The highest BCUT2D eigenvalue weighted by Gasteiger charge is 2.14. The molecular formula is C10H8N2O5. The predicted octanol–water partition coefficient (Wildman–Crippen LogP) is 0.896. The maximum atomic E-state index is 11.5. The molecule has 2 rings (SSSR count). The van der Waals surface area contributed by atoms with E-state index in [1.807, 2.05) is 0 Å². The van der Waals surface area contributed by atoms with Crippen molar-refractivity contribution in [1.82, 2.24) is 10.5 Å². The van der Waals surface area contributed by atoms with Crippen LogP contribution >= 0.6 is 0 Å². The number of nitrogens with zero attached hydrogens (tertiary/aromatic N) is 1. The lowest BCUT2D eigenvalue weighted by molar-refractivity contribution is 0.0696. The Morgan fingerprint density at radius 3 is 2.88 bits per heavy atom. The summed E-state index contributed by atoms with van der Waals surface area (Å²) in [6, 6.07) is 2.76. The number of aromatic nitrogens is 1. The van der Waals surface area contributed by atoms with E-state index in [0.29, 0.717) is 5.69 Å². The SMILES string of the molecule is O=C(O)c1coc(C(=O)NCc2ccon2)c1. The standard InChI is InChI=1S/C10H8N2O5/c13-9(11-4-7-1-2-17-12-7)8-3-6(5-16-8)10(14)15/h1-3,5H,4H2,(H,11,13)(H,14,15). The quantitative estimate of drug-likeness (QED) is 0.816. The Morgan fingerprint density at radius 1 is 1.47 bits per heavy atom. The number of aromatic carboxylic acids is 1. The van der Waals surface area contributed by atoms with E-state index < -0.39 is 11.9 Å². The average molecular weight is 236 g/mol. The summed E-state index contributed by atoms with van der Waals surface area (Å²) in [4.78, 5) is 22.1. The van der Waals surface area contributed by atoms with Crippen molar-refractivity contribution >= 4 is 11.9 Å². The molecule has 17 heavy (non-hydrogen) atoms. The zero-order valence-corrected chi connectivity index (χ0v) is 8.54. The van der Waals surface area contributed by atoms with Gasteiger partial charge in [-0.25, -0.2) is 4.79 Å². The van der Waals surface area contributed by atoms with Crippen LogP contribution in [0.1, 0.15) is 26.6 Å². The maximum Gasteiger partial charge on any atom is 0.338 e. The lowest BCUT2D eigenvalue weighted by Gasteiger charge is -1.98. The van der Waals surface area contributed by atoms with E-state index in [2.05, 4.69) is 15.0 Å². The van der Waals surface area contributed by atoms with E-state index >= 15 is 0 Å². The van der Waals surface area contributed by atoms with Crippen LogP contribution in [0.5, 0.6) is 0 Å². The van der Waals surface area contributed by atoms with Crippen LogP contribution in [0.15, 0.2) is 33.6 Å². The van der Waals surface area contributed by atoms with Gasteiger partial charge < -0.3 is 19.4 Å². The molecule has 2 aromatic rings. The Kier molecular flexibility index (Phi) is 2.91. The van der Waals surface area contributed by atoms with E-state index in [-0.39, 0.29) is 17.9 Å². The fourth-order valence-corrected chi connectivity index (χ4v) is 1.15. The predicted molar refractivity (Wildman–Crippen MR) is 53.3 cm³/mol. The summed E-state index contributed by atoms with van der Waals surface area (Å²) < 4.78 is 9.41. The fraction of sp³-hybridized carbons (Fsp3) is 0.100. The number of nitrogens with one attached hydrogen (secondary N) is 1. The van der Waals surface area contributed by atoms with E-state index in [0.717, 1.165) is 12.3 Å². The number of furan rings is 1. The molecule has 0 aliphatic rings. The minimum absolute atomic E-state index is 0.0640. The minimum Gasteiger partial charge on any atom is -0.478 e. The first-order valence-corrected chi connectivity index (χ1v) is 4.66. The molecule has 0 radical (unpaired) electrons. The van der Waals surface area contributed by atoms with Gasteiger partial charge in [0.15, 0.2) is 5.76 Å². The normalized spacial score (nSPS) is 10.1. The van der Waals surface area contributed by atoms with Gasteiger partial charge in [-0.1, -0.05) is 5.16 Å². The third-order valence-corrected chi connectivity index (χ3v) is 1.99. The minimum atomic E-state index is -1.15. The summed E-state index contributed by atoms with van der Waals surface area (Å²) in [7, 11) is 0. The summed E-state index contributed by atoms with van der Waals surface area (Å²) in [6.07, 6.45) is 2.39. The van der Waals surface area contributed by atoms with Gasteiger partial charge in [0.05, 0.1) is 12.1 Å². The molecule has 0 atom stereocenters. The van der Waals surface area contributed by atoms with Crippen LogP contribution in [0, 0.1) is 0 Å². The smallest absolute Gasteiger partial charge is 0.338 e. The van der Waals surface area contributed by atoms with Gasteiger partial charge in [-0.2, -0.15) is 0 Å². The summed E-state index contributed by atoms with van der Waals surface area (Å²) in [5.41, 5.74) is 0.486. The van der Waals surface area contributed by atoms with Crippen molar-refractivity contribution in [2.45, 2.75) is 6.54 Å². The second kappa shape index (κ2) is 4.52. The van der Waals surface area contributed by atoms with Gasteiger partial charge in [-0.15, -0.1) is 0 Å². The fourth-order valence-electron chi connectivity index (χ4n) is 1.15. The molecule has 0 saturated carbocycles. The molecular weight excluding hydrogens is 228 g/mol. The molecule has 2 heterocycles. The molecule has 0 fully saturated rings. The Labute approximate surface area is 95.0 Å². The van der Waals surface area contributed by atoms with Crippen molar-refractivity contribution in [2.24, 2.45) is 0 Å². The molecule has 0 aliphatic heterocycles. The topological polar surface area (TPSA) is 106 Å². The van der Waals surface area contributed by atoms with Gasteiger partial charge in [0, 0.05) is 12.1 Å². The van der Waals surface area contributed by atoms with Crippen LogP contribution in [0.25, 0.3) is 0 Å². The molecule has 2 N–H and O–H groups in total.